The number of anilines is 2. The molecule has 5 heteroatoms. The van der Waals surface area contributed by atoms with Gasteiger partial charge in [0, 0.05) is 43.6 Å². The number of carbonyl (C=O) groups is 1. The third-order valence-electron chi connectivity index (χ3n) is 6.94. The van der Waals surface area contributed by atoms with E-state index in [-0.39, 0.29) is 17.9 Å². The molecule has 0 aliphatic carbocycles. The van der Waals surface area contributed by atoms with E-state index in [1.54, 1.807) is 7.11 Å². The van der Waals surface area contributed by atoms with E-state index in [9.17, 15) is 4.79 Å². The van der Waals surface area contributed by atoms with Crippen molar-refractivity contribution in [3.05, 3.63) is 90.0 Å². The number of methoxy groups -OCH3 is 1. The minimum Gasteiger partial charge on any atom is -0.497 e. The van der Waals surface area contributed by atoms with Gasteiger partial charge < -0.3 is 19.9 Å². The van der Waals surface area contributed by atoms with Crippen LogP contribution in [0.4, 0.5) is 11.4 Å². The molecular weight excluding hydrogens is 410 g/mol. The molecule has 2 atom stereocenters. The zero-order valence-corrected chi connectivity index (χ0v) is 19.1. The van der Waals surface area contributed by atoms with E-state index in [0.29, 0.717) is 6.54 Å². The van der Waals surface area contributed by atoms with Crippen molar-refractivity contribution in [3.8, 4) is 5.75 Å². The molecule has 0 bridgehead atoms. The minimum atomic E-state index is -0.0896. The van der Waals surface area contributed by atoms with Gasteiger partial charge in [0.05, 0.1) is 19.1 Å². The largest absolute Gasteiger partial charge is 0.497 e. The Balaban J connectivity index is 1.37. The first-order valence-electron chi connectivity index (χ1n) is 11.8. The van der Waals surface area contributed by atoms with Gasteiger partial charge in [-0.1, -0.05) is 54.6 Å². The standard InChI is InChI=1S/C28H31N3O2/c1-33-24-13-12-22-18-25(28(32)29-15-14-21-8-4-2-5-9-21)27-20-30(23-10-6-3-7-11-23)16-17-31(27)26(22)19-24/h2-13,19,25,27H,14-18,20H2,1H3,(H,29,32). The van der Waals surface area contributed by atoms with Gasteiger partial charge in [0.1, 0.15) is 5.75 Å². The number of amides is 1. The second-order valence-electron chi connectivity index (χ2n) is 8.87. The average Bonchev–Trinajstić information content (AvgIpc) is 2.88. The van der Waals surface area contributed by atoms with E-state index in [2.05, 4.69) is 63.6 Å². The molecule has 2 aliphatic heterocycles. The Hall–Kier alpha value is -3.47. The normalized spacial score (nSPS) is 19.4. The molecule has 1 N–H and O–H groups in total. The smallest absolute Gasteiger partial charge is 0.225 e. The molecule has 2 heterocycles. The first kappa shape index (κ1) is 21.4. The van der Waals surface area contributed by atoms with Crippen molar-refractivity contribution >= 4 is 17.3 Å². The average molecular weight is 442 g/mol. The SMILES string of the molecule is COc1ccc2c(c1)N1CCN(c3ccccc3)CC1C(C(=O)NCCc1ccccc1)C2. The number of fused-ring (bicyclic) bond motifs is 3. The van der Waals surface area contributed by atoms with Crippen LogP contribution in [0.3, 0.4) is 0 Å². The van der Waals surface area contributed by atoms with E-state index >= 15 is 0 Å². The number of piperazine rings is 1. The monoisotopic (exact) mass is 441 g/mol. The molecule has 0 spiro atoms. The summed E-state index contributed by atoms with van der Waals surface area (Å²) in [6.45, 7) is 3.30. The van der Waals surface area contributed by atoms with E-state index in [1.807, 2.05) is 30.3 Å². The zero-order valence-electron chi connectivity index (χ0n) is 19.1. The van der Waals surface area contributed by atoms with Crippen molar-refractivity contribution in [2.75, 3.05) is 43.1 Å². The summed E-state index contributed by atoms with van der Waals surface area (Å²) in [6.07, 6.45) is 1.60. The van der Waals surface area contributed by atoms with Gasteiger partial charge in [-0.3, -0.25) is 4.79 Å². The van der Waals surface area contributed by atoms with Gasteiger partial charge in [-0.2, -0.15) is 0 Å². The van der Waals surface area contributed by atoms with Crippen LogP contribution in [0.1, 0.15) is 11.1 Å². The van der Waals surface area contributed by atoms with E-state index in [0.717, 1.165) is 38.2 Å². The molecule has 0 aromatic heterocycles. The summed E-state index contributed by atoms with van der Waals surface area (Å²) in [5, 5.41) is 3.23. The summed E-state index contributed by atoms with van der Waals surface area (Å²) >= 11 is 0. The summed E-state index contributed by atoms with van der Waals surface area (Å²) in [4.78, 5) is 18.3. The Morgan fingerprint density at radius 3 is 2.52 bits per heavy atom. The lowest BCUT2D eigenvalue weighted by molar-refractivity contribution is -0.125. The first-order chi connectivity index (χ1) is 16.2. The van der Waals surface area contributed by atoms with Crippen molar-refractivity contribution in [1.82, 2.24) is 5.32 Å². The highest BCUT2D eigenvalue weighted by atomic mass is 16.5. The molecule has 3 aromatic rings. The van der Waals surface area contributed by atoms with Crippen LogP contribution < -0.4 is 19.9 Å². The van der Waals surface area contributed by atoms with Crippen LogP contribution in [0.5, 0.6) is 5.75 Å². The number of nitrogens with one attached hydrogen (secondary N) is 1. The Morgan fingerprint density at radius 1 is 1.00 bits per heavy atom. The highest BCUT2D eigenvalue weighted by molar-refractivity contribution is 5.82. The molecular formula is C28H31N3O2. The predicted octanol–water partition coefficient (Wildman–Crippen LogP) is 3.92. The van der Waals surface area contributed by atoms with Gasteiger partial charge in [-0.25, -0.2) is 0 Å². The van der Waals surface area contributed by atoms with Crippen LogP contribution in [-0.2, 0) is 17.6 Å². The van der Waals surface area contributed by atoms with E-state index < -0.39 is 0 Å². The fourth-order valence-corrected chi connectivity index (χ4v) is 5.18. The molecule has 2 unspecified atom stereocenters. The Labute approximate surface area is 196 Å². The maximum Gasteiger partial charge on any atom is 0.225 e. The van der Waals surface area contributed by atoms with Gasteiger partial charge in [-0.05, 0) is 42.2 Å². The van der Waals surface area contributed by atoms with Gasteiger partial charge >= 0.3 is 0 Å². The molecule has 5 rings (SSSR count). The third-order valence-corrected chi connectivity index (χ3v) is 6.94. The van der Waals surface area contributed by atoms with Crippen LogP contribution in [-0.4, -0.2) is 45.2 Å². The van der Waals surface area contributed by atoms with Crippen molar-refractivity contribution < 1.29 is 9.53 Å². The second kappa shape index (κ2) is 9.57. The number of para-hydroxylation sites is 1. The summed E-state index contributed by atoms with van der Waals surface area (Å²) in [7, 11) is 1.71. The maximum absolute atomic E-state index is 13.4. The lowest BCUT2D eigenvalue weighted by atomic mass is 9.83. The molecule has 1 saturated heterocycles. The summed E-state index contributed by atoms with van der Waals surface area (Å²) < 4.78 is 5.50. The number of carbonyl (C=O) groups excluding carboxylic acids is 1. The first-order valence-corrected chi connectivity index (χ1v) is 11.8. The molecule has 3 aromatic carbocycles. The van der Waals surface area contributed by atoms with Crippen LogP contribution in [0.25, 0.3) is 0 Å². The Morgan fingerprint density at radius 2 is 1.76 bits per heavy atom. The number of hydrogen-bond donors (Lipinski definition) is 1. The number of benzene rings is 3. The van der Waals surface area contributed by atoms with Gasteiger partial charge in [-0.15, -0.1) is 0 Å². The summed E-state index contributed by atoms with van der Waals surface area (Å²) in [5.41, 5.74) is 4.90. The highest BCUT2D eigenvalue weighted by Crippen LogP contribution is 2.38. The van der Waals surface area contributed by atoms with Crippen LogP contribution in [0.2, 0.25) is 0 Å². The van der Waals surface area contributed by atoms with Gasteiger partial charge in [0.15, 0.2) is 0 Å². The lowest BCUT2D eigenvalue weighted by Gasteiger charge is -2.49. The number of nitrogens with zero attached hydrogens (tertiary/aromatic N) is 2. The van der Waals surface area contributed by atoms with Crippen LogP contribution in [0, 0.1) is 5.92 Å². The molecule has 170 valence electrons. The molecule has 2 aliphatic rings. The number of rotatable bonds is 6. The topological polar surface area (TPSA) is 44.8 Å². The van der Waals surface area contributed by atoms with Gasteiger partial charge in [0.25, 0.3) is 0 Å². The zero-order chi connectivity index (χ0) is 22.6. The molecule has 0 saturated carbocycles. The van der Waals surface area contributed by atoms with E-state index in [1.165, 1.54) is 22.5 Å². The quantitative estimate of drug-likeness (QED) is 0.630. The number of ether oxygens (including phenoxy) is 1. The molecule has 1 amide bonds. The third kappa shape index (κ3) is 4.54. The van der Waals surface area contributed by atoms with Crippen molar-refractivity contribution in [3.63, 3.8) is 0 Å². The molecule has 0 radical (unpaired) electrons. The second-order valence-corrected chi connectivity index (χ2v) is 8.87. The maximum atomic E-state index is 13.4. The van der Waals surface area contributed by atoms with Crippen LogP contribution in [0.15, 0.2) is 78.9 Å². The molecule has 1 fully saturated rings. The molecule has 33 heavy (non-hydrogen) atoms. The predicted molar refractivity (Wildman–Crippen MR) is 133 cm³/mol. The van der Waals surface area contributed by atoms with Gasteiger partial charge in [0.2, 0.25) is 5.91 Å². The summed E-state index contributed by atoms with van der Waals surface area (Å²) in [5.74, 6) is 0.925. The molecule has 5 nitrogen and oxygen atoms in total. The van der Waals surface area contributed by atoms with Crippen LogP contribution >= 0.6 is 0 Å². The van der Waals surface area contributed by atoms with Crippen molar-refractivity contribution in [1.29, 1.82) is 0 Å². The lowest BCUT2D eigenvalue weighted by Crippen LogP contribution is -2.61. The van der Waals surface area contributed by atoms with Crippen molar-refractivity contribution in [2.45, 2.75) is 18.9 Å². The Bertz CT molecular complexity index is 1090. The number of hydrogen-bond acceptors (Lipinski definition) is 4. The van der Waals surface area contributed by atoms with Crippen molar-refractivity contribution in [2.24, 2.45) is 5.92 Å². The fourth-order valence-electron chi connectivity index (χ4n) is 5.18. The summed E-state index contributed by atoms with van der Waals surface area (Å²) in [6, 6.07) is 27.2. The van der Waals surface area contributed by atoms with E-state index in [4.69, 9.17) is 4.74 Å². The fraction of sp³-hybridized carbons (Fsp3) is 0.321. The minimum absolute atomic E-state index is 0.0896. The highest BCUT2D eigenvalue weighted by Gasteiger charge is 2.41. The Kier molecular flexibility index (Phi) is 6.20.